The van der Waals surface area contributed by atoms with Crippen molar-refractivity contribution in [2.75, 3.05) is 19.6 Å². The summed E-state index contributed by atoms with van der Waals surface area (Å²) in [5.74, 6) is -1.48. The van der Waals surface area contributed by atoms with Crippen LogP contribution in [0.4, 0.5) is 22.0 Å². The first kappa shape index (κ1) is 17.7. The summed E-state index contributed by atoms with van der Waals surface area (Å²) in [6.07, 6.45) is -8.02. The predicted octanol–water partition coefficient (Wildman–Crippen LogP) is 3.04. The van der Waals surface area contributed by atoms with Crippen LogP contribution in [0.15, 0.2) is 12.1 Å². The van der Waals surface area contributed by atoms with Crippen molar-refractivity contribution in [1.82, 2.24) is 10.2 Å². The molecule has 2 heterocycles. The zero-order valence-corrected chi connectivity index (χ0v) is 12.3. The average Bonchev–Trinajstić information content (AvgIpc) is 2.71. The normalized spacial score (nSPS) is 20.2. The van der Waals surface area contributed by atoms with Crippen molar-refractivity contribution >= 4 is 18.3 Å². The van der Waals surface area contributed by atoms with E-state index in [0.717, 1.165) is 6.07 Å². The van der Waals surface area contributed by atoms with Crippen LogP contribution in [-0.2, 0) is 0 Å². The molecule has 1 saturated heterocycles. The van der Waals surface area contributed by atoms with Crippen molar-refractivity contribution in [3.63, 3.8) is 0 Å². The molecule has 4 nitrogen and oxygen atoms in total. The van der Waals surface area contributed by atoms with E-state index in [0.29, 0.717) is 25.7 Å². The summed E-state index contributed by atoms with van der Waals surface area (Å²) in [5, 5.41) is 2.99. The maximum atomic E-state index is 12.9. The lowest BCUT2D eigenvalue weighted by Crippen LogP contribution is -2.44. The summed E-state index contributed by atoms with van der Waals surface area (Å²) >= 11 is 0. The van der Waals surface area contributed by atoms with Crippen LogP contribution in [0.25, 0.3) is 0 Å². The molecule has 128 valence electrons. The second-order valence-corrected chi connectivity index (χ2v) is 5.05. The highest BCUT2D eigenvalue weighted by Gasteiger charge is 2.43. The number of alkyl halides is 5. The molecule has 10 heteroatoms. The Bertz CT molecular complexity index is 623. The van der Waals surface area contributed by atoms with Gasteiger partial charge < -0.3 is 15.0 Å². The molecule has 2 aliphatic heterocycles. The standard InChI is InChI=1S/C13H11F5N2O2.ClH/c14-11(15)6-3-7-8-5-19-1-2-20(8)12(21)10(7)9(4-6)22-13(16,17)18;/h3-4,8,11,19H,1-2,5H2;1H/t8-;/m1./s1. The Hall–Kier alpha value is -1.61. The van der Waals surface area contributed by atoms with Gasteiger partial charge >= 0.3 is 6.36 Å². The second-order valence-electron chi connectivity index (χ2n) is 5.05. The highest BCUT2D eigenvalue weighted by Crippen LogP contribution is 2.43. The largest absolute Gasteiger partial charge is 0.573 e. The minimum atomic E-state index is -5.06. The Balaban J connectivity index is 0.00000192. The molecular weight excluding hydrogens is 347 g/mol. The van der Waals surface area contributed by atoms with Gasteiger partial charge in [0.05, 0.1) is 11.6 Å². The zero-order valence-electron chi connectivity index (χ0n) is 11.5. The van der Waals surface area contributed by atoms with Gasteiger partial charge in [-0.25, -0.2) is 8.78 Å². The number of fused-ring (bicyclic) bond motifs is 3. The number of hydrogen-bond donors (Lipinski definition) is 1. The van der Waals surface area contributed by atoms with Gasteiger partial charge in [-0.05, 0) is 17.7 Å². The first-order chi connectivity index (χ1) is 10.3. The minimum absolute atomic E-state index is 0. The van der Waals surface area contributed by atoms with Crippen LogP contribution in [0, 0.1) is 0 Å². The Morgan fingerprint density at radius 1 is 1.30 bits per heavy atom. The van der Waals surface area contributed by atoms with E-state index in [9.17, 15) is 26.7 Å². The Morgan fingerprint density at radius 3 is 2.61 bits per heavy atom. The van der Waals surface area contributed by atoms with Crippen LogP contribution in [0.5, 0.6) is 5.75 Å². The number of carbonyl (C=O) groups is 1. The molecule has 1 atom stereocenters. The summed E-state index contributed by atoms with van der Waals surface area (Å²) in [6, 6.07) is 1.12. The van der Waals surface area contributed by atoms with Crippen molar-refractivity contribution < 1.29 is 31.5 Å². The summed E-state index contributed by atoms with van der Waals surface area (Å²) < 4.78 is 67.1. The molecule has 3 rings (SSSR count). The number of nitrogens with one attached hydrogen (secondary N) is 1. The number of ether oxygens (including phenoxy) is 1. The maximum absolute atomic E-state index is 12.9. The smallest absolute Gasteiger partial charge is 0.405 e. The van der Waals surface area contributed by atoms with Gasteiger partial charge in [-0.3, -0.25) is 4.79 Å². The maximum Gasteiger partial charge on any atom is 0.573 e. The highest BCUT2D eigenvalue weighted by molar-refractivity contribution is 6.02. The van der Waals surface area contributed by atoms with E-state index in [-0.39, 0.29) is 23.5 Å². The molecule has 0 aliphatic carbocycles. The first-order valence-corrected chi connectivity index (χ1v) is 6.51. The van der Waals surface area contributed by atoms with Crippen LogP contribution in [0.2, 0.25) is 0 Å². The van der Waals surface area contributed by atoms with E-state index < -0.39 is 36.0 Å². The number of piperazine rings is 1. The number of halogens is 6. The van der Waals surface area contributed by atoms with Crippen LogP contribution < -0.4 is 10.1 Å². The molecule has 1 N–H and O–H groups in total. The fourth-order valence-electron chi connectivity index (χ4n) is 2.85. The lowest BCUT2D eigenvalue weighted by molar-refractivity contribution is -0.274. The molecule has 0 radical (unpaired) electrons. The first-order valence-electron chi connectivity index (χ1n) is 6.51. The number of nitrogens with zero attached hydrogens (tertiary/aromatic N) is 1. The van der Waals surface area contributed by atoms with Crippen LogP contribution >= 0.6 is 12.4 Å². The Labute approximate surface area is 134 Å². The molecule has 23 heavy (non-hydrogen) atoms. The van der Waals surface area contributed by atoms with E-state index in [1.54, 1.807) is 0 Å². The van der Waals surface area contributed by atoms with Gasteiger partial charge in [0.1, 0.15) is 5.75 Å². The van der Waals surface area contributed by atoms with Gasteiger partial charge in [-0.15, -0.1) is 25.6 Å². The molecule has 1 amide bonds. The number of benzene rings is 1. The molecule has 0 spiro atoms. The fraction of sp³-hybridized carbons (Fsp3) is 0.462. The third-order valence-corrected chi connectivity index (χ3v) is 3.71. The lowest BCUT2D eigenvalue weighted by Gasteiger charge is -2.30. The van der Waals surface area contributed by atoms with Gasteiger partial charge in [0.15, 0.2) is 0 Å². The van der Waals surface area contributed by atoms with E-state index in [1.807, 2.05) is 0 Å². The van der Waals surface area contributed by atoms with Crippen molar-refractivity contribution in [2.24, 2.45) is 0 Å². The van der Waals surface area contributed by atoms with Crippen molar-refractivity contribution in [3.8, 4) is 5.75 Å². The van der Waals surface area contributed by atoms with Crippen LogP contribution in [-0.4, -0.2) is 36.8 Å². The highest BCUT2D eigenvalue weighted by atomic mass is 35.5. The molecular formula is C13H12ClF5N2O2. The number of hydrogen-bond acceptors (Lipinski definition) is 3. The summed E-state index contributed by atoms with van der Waals surface area (Å²) in [5.41, 5.74) is -0.733. The van der Waals surface area contributed by atoms with Crippen LogP contribution in [0.3, 0.4) is 0 Å². The van der Waals surface area contributed by atoms with Gasteiger partial charge in [0.25, 0.3) is 12.3 Å². The Kier molecular flexibility index (Phi) is 4.72. The topological polar surface area (TPSA) is 41.6 Å². The van der Waals surface area contributed by atoms with E-state index in [2.05, 4.69) is 10.1 Å². The summed E-state index contributed by atoms with van der Waals surface area (Å²) in [4.78, 5) is 13.7. The lowest BCUT2D eigenvalue weighted by atomic mass is 9.99. The predicted molar refractivity (Wildman–Crippen MR) is 72.0 cm³/mol. The van der Waals surface area contributed by atoms with E-state index in [4.69, 9.17) is 0 Å². The number of amides is 1. The molecule has 0 saturated carbocycles. The van der Waals surface area contributed by atoms with Gasteiger partial charge in [-0.2, -0.15) is 0 Å². The average molecular weight is 359 g/mol. The molecule has 0 bridgehead atoms. The van der Waals surface area contributed by atoms with Crippen LogP contribution in [0.1, 0.15) is 34.0 Å². The van der Waals surface area contributed by atoms with E-state index >= 15 is 0 Å². The Morgan fingerprint density at radius 2 is 2.00 bits per heavy atom. The SMILES string of the molecule is Cl.O=C1c2c(OC(F)(F)F)cc(C(F)F)cc2[C@H]2CNCCN12. The van der Waals surface area contributed by atoms with Crippen molar-refractivity contribution in [3.05, 3.63) is 28.8 Å². The van der Waals surface area contributed by atoms with Crippen molar-refractivity contribution in [1.29, 1.82) is 0 Å². The monoisotopic (exact) mass is 358 g/mol. The van der Waals surface area contributed by atoms with E-state index in [1.165, 1.54) is 4.90 Å². The second kappa shape index (κ2) is 6.12. The summed E-state index contributed by atoms with van der Waals surface area (Å²) in [7, 11) is 0. The molecule has 1 aromatic rings. The minimum Gasteiger partial charge on any atom is -0.405 e. The summed E-state index contributed by atoms with van der Waals surface area (Å²) in [6.45, 7) is 1.10. The zero-order chi connectivity index (χ0) is 16.1. The quantitative estimate of drug-likeness (QED) is 0.826. The third kappa shape index (κ3) is 3.20. The van der Waals surface area contributed by atoms with Crippen molar-refractivity contribution in [2.45, 2.75) is 18.8 Å². The van der Waals surface area contributed by atoms with Gasteiger partial charge in [0.2, 0.25) is 0 Å². The molecule has 2 aliphatic rings. The van der Waals surface area contributed by atoms with Gasteiger partial charge in [0, 0.05) is 25.2 Å². The third-order valence-electron chi connectivity index (χ3n) is 3.71. The fourth-order valence-corrected chi connectivity index (χ4v) is 2.85. The van der Waals surface area contributed by atoms with Gasteiger partial charge in [-0.1, -0.05) is 0 Å². The molecule has 1 fully saturated rings. The molecule has 1 aromatic carbocycles. The molecule has 0 unspecified atom stereocenters. The molecule has 0 aromatic heterocycles. The number of rotatable bonds is 2. The number of carbonyl (C=O) groups excluding carboxylic acids is 1.